The van der Waals surface area contributed by atoms with E-state index in [-0.39, 0.29) is 38.4 Å². The lowest BCUT2D eigenvalue weighted by Gasteiger charge is -2.35. The zero-order valence-corrected chi connectivity index (χ0v) is 17.8. The van der Waals surface area contributed by atoms with Crippen molar-refractivity contribution in [1.82, 2.24) is 10.2 Å². The molecule has 34 heavy (non-hydrogen) atoms. The summed E-state index contributed by atoms with van der Waals surface area (Å²) in [5.74, 6) is -5.14. The number of alkyl halides is 4. The summed E-state index contributed by atoms with van der Waals surface area (Å²) in [5, 5.41) is 16.4. The molecule has 0 radical (unpaired) electrons. The minimum Gasteiger partial charge on any atom is -0.475 e. The largest absolute Gasteiger partial charge is 0.490 e. The summed E-state index contributed by atoms with van der Waals surface area (Å²) in [6.07, 6.45) is -4.62. The van der Waals surface area contributed by atoms with Gasteiger partial charge in [0.1, 0.15) is 0 Å². The highest BCUT2D eigenvalue weighted by atomic mass is 35.5. The maximum absolute atomic E-state index is 13.0. The number of Topliss-reactive ketones (excluding diaryl/α,β-unsaturated/α-hetero) is 1. The molecule has 2 amide bonds. The molecule has 2 rings (SSSR count). The molecule has 4 N–H and O–H groups in total. The number of carboxylic acids is 1. The molecule has 19 heteroatoms. The predicted molar refractivity (Wildman–Crippen MR) is 108 cm³/mol. The second-order valence-electron chi connectivity index (χ2n) is 7.05. The monoisotopic (exact) mass is 510 g/mol. The summed E-state index contributed by atoms with van der Waals surface area (Å²) >= 11 is 6.64. The van der Waals surface area contributed by atoms with Gasteiger partial charge in [0, 0.05) is 28.8 Å². The number of rotatable bonds is 9. The molecule has 1 aliphatic carbocycles. The molecule has 1 aliphatic heterocycles. The predicted octanol–water partition coefficient (Wildman–Crippen LogP) is 0.551. The fourth-order valence-electron chi connectivity index (χ4n) is 3.90. The number of nitrogens with zero attached hydrogens (tertiary/aromatic N) is 8. The SMILES string of the molecule is O=C(O)C(F)(F)F.[N-]=[N+]=NC[C@@H]1[C@@H](CN=[N+]=[N-])[C@H](C(=O)CN(C=O)C=O)[C@@]2(CN=C(N)N2)[C@H]1Cl. The highest BCUT2D eigenvalue weighted by Gasteiger charge is 2.63. The second kappa shape index (κ2) is 11.9. The van der Waals surface area contributed by atoms with Crippen molar-refractivity contribution in [3.63, 3.8) is 0 Å². The topological polar surface area (TPSA) is 240 Å². The third-order valence-corrected chi connectivity index (χ3v) is 5.90. The number of nitrogens with two attached hydrogens (primary N) is 1. The van der Waals surface area contributed by atoms with Crippen LogP contribution >= 0.6 is 11.6 Å². The van der Waals surface area contributed by atoms with E-state index in [4.69, 9.17) is 38.3 Å². The number of ketones is 1. The van der Waals surface area contributed by atoms with E-state index in [1.54, 1.807) is 0 Å². The van der Waals surface area contributed by atoms with Gasteiger partial charge in [-0.05, 0) is 22.9 Å². The molecular weight excluding hydrogens is 493 g/mol. The average molecular weight is 511 g/mol. The number of carbonyl (C=O) groups excluding carboxylic acids is 3. The molecule has 1 heterocycles. The van der Waals surface area contributed by atoms with Crippen LogP contribution in [0.25, 0.3) is 20.9 Å². The Morgan fingerprint density at radius 3 is 2.15 bits per heavy atom. The smallest absolute Gasteiger partial charge is 0.475 e. The summed E-state index contributed by atoms with van der Waals surface area (Å²) in [6, 6.07) is 0. The van der Waals surface area contributed by atoms with E-state index >= 15 is 0 Å². The van der Waals surface area contributed by atoms with Crippen LogP contribution in [-0.2, 0) is 19.2 Å². The van der Waals surface area contributed by atoms with Gasteiger partial charge in [0.15, 0.2) is 11.7 Å². The van der Waals surface area contributed by atoms with Crippen LogP contribution in [0.3, 0.4) is 0 Å². The van der Waals surface area contributed by atoms with Crippen LogP contribution in [0.5, 0.6) is 0 Å². The number of guanidine groups is 1. The zero-order valence-electron chi connectivity index (χ0n) is 17.0. The van der Waals surface area contributed by atoms with Gasteiger partial charge in [0.05, 0.1) is 24.0 Å². The van der Waals surface area contributed by atoms with Gasteiger partial charge in [0.2, 0.25) is 12.8 Å². The first-order valence-corrected chi connectivity index (χ1v) is 9.56. The number of hydrogen-bond donors (Lipinski definition) is 3. The van der Waals surface area contributed by atoms with Gasteiger partial charge in [-0.3, -0.25) is 24.3 Å². The standard InChI is InChI=1S/C13H17ClN10O3.C2HF3O2/c14-11-8(2-20-23-17)7(1-19-22-16)10(9(27)3-24(5-25)6-26)13(11)4-18-12(15)21-13;3-2(4,5)1(6)7/h5-8,10-11H,1-4H2,(H3,15,18,21);(H,6,7)/t7-,8-,10-,11+,13+;/m1./s1. The summed E-state index contributed by atoms with van der Waals surface area (Å²) in [4.78, 5) is 53.9. The third kappa shape index (κ3) is 6.40. The first-order chi connectivity index (χ1) is 15.9. The number of nitrogens with one attached hydrogen (secondary N) is 1. The fraction of sp³-hybridized carbons (Fsp3) is 0.667. The third-order valence-electron chi connectivity index (χ3n) is 5.18. The Morgan fingerprint density at radius 1 is 1.26 bits per heavy atom. The minimum absolute atomic E-state index is 0.0333. The number of carboxylic acid groups (broad SMARTS) is 1. The van der Waals surface area contributed by atoms with E-state index < -0.39 is 53.1 Å². The molecule has 2 aliphatic rings. The van der Waals surface area contributed by atoms with Crippen molar-refractivity contribution in [1.29, 1.82) is 0 Å². The van der Waals surface area contributed by atoms with Crippen molar-refractivity contribution in [2.75, 3.05) is 26.2 Å². The first-order valence-electron chi connectivity index (χ1n) is 9.12. The fourth-order valence-corrected chi connectivity index (χ4v) is 4.43. The van der Waals surface area contributed by atoms with Crippen molar-refractivity contribution >= 4 is 42.1 Å². The van der Waals surface area contributed by atoms with Gasteiger partial charge in [-0.15, -0.1) is 11.6 Å². The quantitative estimate of drug-likeness (QED) is 0.130. The lowest BCUT2D eigenvalue weighted by atomic mass is 9.79. The second-order valence-corrected chi connectivity index (χ2v) is 7.52. The summed E-state index contributed by atoms with van der Waals surface area (Å²) in [5.41, 5.74) is 22.0. The molecule has 15 nitrogen and oxygen atoms in total. The van der Waals surface area contributed by atoms with Gasteiger partial charge in [-0.25, -0.2) is 4.79 Å². The van der Waals surface area contributed by atoms with Crippen molar-refractivity contribution in [2.24, 2.45) is 38.7 Å². The Kier molecular flexibility index (Phi) is 9.92. The van der Waals surface area contributed by atoms with E-state index in [0.717, 1.165) is 0 Å². The van der Waals surface area contributed by atoms with Crippen LogP contribution < -0.4 is 11.1 Å². The molecule has 0 saturated heterocycles. The van der Waals surface area contributed by atoms with Gasteiger partial charge in [0.25, 0.3) is 0 Å². The van der Waals surface area contributed by atoms with E-state index in [0.29, 0.717) is 4.90 Å². The number of amides is 2. The highest BCUT2D eigenvalue weighted by molar-refractivity contribution is 6.22. The van der Waals surface area contributed by atoms with Crippen molar-refractivity contribution in [3.05, 3.63) is 20.9 Å². The lowest BCUT2D eigenvalue weighted by molar-refractivity contribution is -0.192. The van der Waals surface area contributed by atoms with Crippen LogP contribution in [0.1, 0.15) is 0 Å². The molecular formula is C15H18ClF3N10O5. The number of halogens is 4. The molecule has 1 spiro atoms. The number of aliphatic imine (C=N–C) groups is 1. The van der Waals surface area contributed by atoms with Crippen LogP contribution in [0.15, 0.2) is 15.2 Å². The highest BCUT2D eigenvalue weighted by Crippen LogP contribution is 2.49. The molecule has 1 saturated carbocycles. The van der Waals surface area contributed by atoms with Crippen molar-refractivity contribution in [2.45, 2.75) is 17.1 Å². The molecule has 1 fully saturated rings. The number of carbonyl (C=O) groups is 4. The Morgan fingerprint density at radius 2 is 1.76 bits per heavy atom. The molecule has 186 valence electrons. The summed E-state index contributed by atoms with van der Waals surface area (Å²) in [7, 11) is 0. The van der Waals surface area contributed by atoms with Gasteiger partial charge < -0.3 is 16.2 Å². The maximum atomic E-state index is 13.0. The lowest BCUT2D eigenvalue weighted by Crippen LogP contribution is -2.59. The first kappa shape index (κ1) is 28.3. The summed E-state index contributed by atoms with van der Waals surface area (Å²) < 4.78 is 31.7. The Bertz CT molecular complexity index is 928. The van der Waals surface area contributed by atoms with Crippen LogP contribution in [0, 0.1) is 17.8 Å². The number of aliphatic carboxylic acids is 1. The average Bonchev–Trinajstić information content (AvgIpc) is 3.26. The molecule has 0 aromatic carbocycles. The minimum atomic E-state index is -5.08. The summed E-state index contributed by atoms with van der Waals surface area (Å²) in [6.45, 7) is -0.529. The molecule has 0 aromatic heterocycles. The number of azide groups is 2. The number of hydrogen-bond acceptors (Lipinski definition) is 9. The van der Waals surface area contributed by atoms with E-state index in [9.17, 15) is 27.6 Å². The molecule has 0 bridgehead atoms. The van der Waals surface area contributed by atoms with Crippen LogP contribution in [0.2, 0.25) is 0 Å². The molecule has 5 atom stereocenters. The van der Waals surface area contributed by atoms with Gasteiger partial charge >= 0.3 is 12.1 Å². The van der Waals surface area contributed by atoms with Crippen molar-refractivity contribution < 1.29 is 37.5 Å². The van der Waals surface area contributed by atoms with Gasteiger partial charge in [-0.2, -0.15) is 13.2 Å². The molecule has 0 unspecified atom stereocenters. The van der Waals surface area contributed by atoms with E-state index in [2.05, 4.69) is 30.4 Å². The van der Waals surface area contributed by atoms with E-state index in [1.165, 1.54) is 0 Å². The normalized spacial score (nSPS) is 27.1. The Hall–Kier alpha value is -3.75. The Labute approximate surface area is 193 Å². The van der Waals surface area contributed by atoms with Crippen LogP contribution in [0.4, 0.5) is 13.2 Å². The maximum Gasteiger partial charge on any atom is 0.490 e. The zero-order chi connectivity index (χ0) is 26.1. The number of imide groups is 1. The van der Waals surface area contributed by atoms with E-state index in [1.807, 2.05) is 0 Å². The molecule has 0 aromatic rings. The van der Waals surface area contributed by atoms with Crippen molar-refractivity contribution in [3.8, 4) is 0 Å². The van der Waals surface area contributed by atoms with Crippen LogP contribution in [-0.4, -0.2) is 83.8 Å². The Balaban J connectivity index is 0.000000718. The van der Waals surface area contributed by atoms with Gasteiger partial charge in [-0.1, -0.05) is 10.2 Å².